The van der Waals surface area contributed by atoms with Crippen molar-refractivity contribution in [2.24, 2.45) is 0 Å². The molecule has 2 N–H and O–H groups in total. The van der Waals surface area contributed by atoms with Crippen LogP contribution in [0.1, 0.15) is 47.3 Å². The van der Waals surface area contributed by atoms with E-state index in [1.54, 1.807) is 12.3 Å². The third-order valence-electron chi connectivity index (χ3n) is 5.41. The number of anilines is 2. The van der Waals surface area contributed by atoms with Crippen molar-refractivity contribution in [3.8, 4) is 11.1 Å². The van der Waals surface area contributed by atoms with Crippen LogP contribution in [0.25, 0.3) is 11.1 Å². The maximum atomic E-state index is 13.2. The highest BCUT2D eigenvalue weighted by Crippen LogP contribution is 2.25. The van der Waals surface area contributed by atoms with Crippen molar-refractivity contribution in [3.05, 3.63) is 71.5 Å². The summed E-state index contributed by atoms with van der Waals surface area (Å²) in [6.45, 7) is 4.01. The van der Waals surface area contributed by atoms with E-state index in [4.69, 9.17) is 5.73 Å². The van der Waals surface area contributed by atoms with Crippen molar-refractivity contribution in [2.75, 3.05) is 23.7 Å². The average molecular weight is 386 g/mol. The smallest absolute Gasteiger partial charge is 0.215 e. The molecule has 0 amide bonds. The number of hydrogen-bond acceptors (Lipinski definition) is 5. The van der Waals surface area contributed by atoms with Crippen molar-refractivity contribution in [1.82, 2.24) is 9.97 Å². The highest BCUT2D eigenvalue weighted by Gasteiger charge is 2.18. The predicted octanol–water partition coefficient (Wildman–Crippen LogP) is 4.65. The molecule has 1 aliphatic rings. The number of carbonyl (C=O) groups excluding carboxylic acids is 1. The number of nitrogens with zero attached hydrogens (tertiary/aromatic N) is 3. The summed E-state index contributed by atoms with van der Waals surface area (Å²) in [5.74, 6) is 0.897. The quantitative estimate of drug-likeness (QED) is 0.661. The van der Waals surface area contributed by atoms with Gasteiger partial charge in [-0.05, 0) is 43.5 Å². The topological polar surface area (TPSA) is 72.1 Å². The number of nitrogen functional groups attached to an aromatic ring is 1. The molecule has 1 aromatic carbocycles. The molecule has 148 valence electrons. The second-order valence-electron chi connectivity index (χ2n) is 7.64. The van der Waals surface area contributed by atoms with Crippen LogP contribution in [0.4, 0.5) is 11.6 Å². The molecule has 0 radical (unpaired) electrons. The molecule has 1 saturated heterocycles. The first-order valence-electron chi connectivity index (χ1n) is 10.2. The van der Waals surface area contributed by atoms with E-state index in [1.165, 1.54) is 12.8 Å². The van der Waals surface area contributed by atoms with Gasteiger partial charge in [0, 0.05) is 24.8 Å². The number of ketones is 1. The third kappa shape index (κ3) is 4.29. The first-order valence-corrected chi connectivity index (χ1v) is 10.2. The number of nitrogens with two attached hydrogens (primary N) is 1. The number of pyridine rings is 2. The van der Waals surface area contributed by atoms with Gasteiger partial charge in [-0.3, -0.25) is 4.79 Å². The van der Waals surface area contributed by atoms with Gasteiger partial charge in [-0.2, -0.15) is 0 Å². The fraction of sp³-hybridized carbons (Fsp3) is 0.292. The van der Waals surface area contributed by atoms with Crippen LogP contribution in [-0.4, -0.2) is 28.8 Å². The summed E-state index contributed by atoms with van der Waals surface area (Å²) in [6.07, 6.45) is 6.54. The molecule has 0 aliphatic carbocycles. The number of carbonyl (C=O) groups is 1. The van der Waals surface area contributed by atoms with Crippen LogP contribution in [-0.2, 0) is 0 Å². The molecule has 0 spiro atoms. The van der Waals surface area contributed by atoms with Crippen LogP contribution >= 0.6 is 0 Å². The zero-order chi connectivity index (χ0) is 20.2. The first-order chi connectivity index (χ1) is 14.1. The van der Waals surface area contributed by atoms with Crippen LogP contribution in [0.2, 0.25) is 0 Å². The van der Waals surface area contributed by atoms with Gasteiger partial charge in [0.05, 0.1) is 5.56 Å². The van der Waals surface area contributed by atoms with E-state index < -0.39 is 0 Å². The molecule has 0 atom stereocenters. The van der Waals surface area contributed by atoms with E-state index >= 15 is 0 Å². The second kappa shape index (κ2) is 8.43. The van der Waals surface area contributed by atoms with Gasteiger partial charge in [-0.1, -0.05) is 48.7 Å². The molecule has 5 heteroatoms. The number of benzene rings is 1. The molecule has 5 nitrogen and oxygen atoms in total. The normalized spacial score (nSPS) is 14.4. The van der Waals surface area contributed by atoms with Crippen molar-refractivity contribution < 1.29 is 4.79 Å². The minimum atomic E-state index is -0.193. The molecule has 3 aromatic rings. The second-order valence-corrected chi connectivity index (χ2v) is 7.64. The predicted molar refractivity (Wildman–Crippen MR) is 117 cm³/mol. The van der Waals surface area contributed by atoms with Crippen LogP contribution < -0.4 is 10.6 Å². The third-order valence-corrected chi connectivity index (χ3v) is 5.41. The molecular weight excluding hydrogens is 360 g/mol. The van der Waals surface area contributed by atoms with Gasteiger partial charge in [-0.15, -0.1) is 0 Å². The highest BCUT2D eigenvalue weighted by atomic mass is 16.1. The summed E-state index contributed by atoms with van der Waals surface area (Å²) < 4.78 is 0. The van der Waals surface area contributed by atoms with Crippen LogP contribution in [0.3, 0.4) is 0 Å². The fourth-order valence-corrected chi connectivity index (χ4v) is 3.80. The van der Waals surface area contributed by atoms with Gasteiger partial charge in [0.15, 0.2) is 0 Å². The van der Waals surface area contributed by atoms with E-state index in [9.17, 15) is 4.79 Å². The number of hydrogen-bond donors (Lipinski definition) is 1. The molecule has 4 rings (SSSR count). The zero-order valence-electron chi connectivity index (χ0n) is 16.8. The van der Waals surface area contributed by atoms with Crippen molar-refractivity contribution >= 4 is 17.4 Å². The number of aryl methyl sites for hydroxylation is 1. The summed E-state index contributed by atoms with van der Waals surface area (Å²) in [7, 11) is 0. The van der Waals surface area contributed by atoms with Gasteiger partial charge < -0.3 is 10.6 Å². The Kier molecular flexibility index (Phi) is 5.56. The number of rotatable bonds is 4. The Morgan fingerprint density at radius 3 is 2.48 bits per heavy atom. The average Bonchev–Trinajstić information content (AvgIpc) is 3.03. The lowest BCUT2D eigenvalue weighted by Gasteiger charge is -2.21. The highest BCUT2D eigenvalue weighted by molar-refractivity contribution is 6.11. The molecule has 29 heavy (non-hydrogen) atoms. The van der Waals surface area contributed by atoms with Crippen molar-refractivity contribution in [3.63, 3.8) is 0 Å². The SMILES string of the molecule is Cc1cccc(-c2cnc(N)c(C(=O)c3cccc(N4CCCCCC4)n3)c2)c1. The van der Waals surface area contributed by atoms with Crippen LogP contribution in [0, 0.1) is 6.92 Å². The van der Waals surface area contributed by atoms with Gasteiger partial charge >= 0.3 is 0 Å². The van der Waals surface area contributed by atoms with Crippen molar-refractivity contribution in [1.29, 1.82) is 0 Å². The van der Waals surface area contributed by atoms with E-state index in [-0.39, 0.29) is 11.6 Å². The van der Waals surface area contributed by atoms with Gasteiger partial charge in [0.1, 0.15) is 17.3 Å². The zero-order valence-corrected chi connectivity index (χ0v) is 16.8. The fourth-order valence-electron chi connectivity index (χ4n) is 3.80. The molecule has 1 fully saturated rings. The Balaban J connectivity index is 1.66. The standard InChI is InChI=1S/C24H26N4O/c1-17-8-6-9-18(14-17)19-15-20(24(25)26-16-19)23(29)21-10-7-11-22(27-21)28-12-4-2-3-5-13-28/h6-11,14-16H,2-5,12-13H2,1H3,(H2,25,26). The van der Waals surface area contributed by atoms with E-state index in [0.717, 1.165) is 48.4 Å². The Bertz CT molecular complexity index is 1020. The van der Waals surface area contributed by atoms with Crippen LogP contribution in [0.15, 0.2) is 54.7 Å². The summed E-state index contributed by atoms with van der Waals surface area (Å²) in [5, 5.41) is 0. The van der Waals surface area contributed by atoms with Gasteiger partial charge in [0.2, 0.25) is 5.78 Å². The first kappa shape index (κ1) is 19.1. The summed E-state index contributed by atoms with van der Waals surface area (Å²) in [5.41, 5.74) is 9.90. The Morgan fingerprint density at radius 1 is 0.966 bits per heavy atom. The Labute approximate surface area is 171 Å². The molecule has 0 unspecified atom stereocenters. The van der Waals surface area contributed by atoms with E-state index in [2.05, 4.69) is 20.9 Å². The molecule has 2 aromatic heterocycles. The summed E-state index contributed by atoms with van der Waals surface area (Å²) in [6, 6.07) is 15.6. The van der Waals surface area contributed by atoms with Crippen LogP contribution in [0.5, 0.6) is 0 Å². The molecule has 1 aliphatic heterocycles. The minimum absolute atomic E-state index is 0.193. The summed E-state index contributed by atoms with van der Waals surface area (Å²) in [4.78, 5) is 24.4. The molecular formula is C24H26N4O. The maximum Gasteiger partial charge on any atom is 0.215 e. The van der Waals surface area contributed by atoms with Gasteiger partial charge in [0.25, 0.3) is 0 Å². The lowest BCUT2D eigenvalue weighted by atomic mass is 10.0. The maximum absolute atomic E-state index is 13.2. The lowest BCUT2D eigenvalue weighted by Crippen LogP contribution is -2.25. The van der Waals surface area contributed by atoms with E-state index in [1.807, 2.05) is 43.3 Å². The minimum Gasteiger partial charge on any atom is -0.383 e. The van der Waals surface area contributed by atoms with Crippen molar-refractivity contribution in [2.45, 2.75) is 32.6 Å². The summed E-state index contributed by atoms with van der Waals surface area (Å²) >= 11 is 0. The van der Waals surface area contributed by atoms with E-state index in [0.29, 0.717) is 11.3 Å². The Morgan fingerprint density at radius 2 is 1.72 bits per heavy atom. The lowest BCUT2D eigenvalue weighted by molar-refractivity contribution is 0.103. The molecule has 3 heterocycles. The molecule has 0 bridgehead atoms. The molecule has 0 saturated carbocycles. The van der Waals surface area contributed by atoms with Gasteiger partial charge in [-0.25, -0.2) is 9.97 Å². The number of aromatic nitrogens is 2. The Hall–Kier alpha value is -3.21. The monoisotopic (exact) mass is 386 g/mol. The largest absolute Gasteiger partial charge is 0.383 e.